The van der Waals surface area contributed by atoms with Crippen LogP contribution in [0.5, 0.6) is 0 Å². The summed E-state index contributed by atoms with van der Waals surface area (Å²) in [5, 5.41) is 8.32. The minimum Gasteiger partial charge on any atom is -0.378 e. The minimum atomic E-state index is -1.61. The number of piperidine rings is 1. The third-order valence-electron chi connectivity index (χ3n) is 7.98. The van der Waals surface area contributed by atoms with Crippen molar-refractivity contribution in [3.63, 3.8) is 0 Å². The van der Waals surface area contributed by atoms with E-state index in [1.54, 1.807) is 16.8 Å². The molecule has 2 heterocycles. The van der Waals surface area contributed by atoms with Gasteiger partial charge in [-0.2, -0.15) is 5.10 Å². The lowest BCUT2D eigenvalue weighted by Gasteiger charge is -2.43. The number of nitrogens with zero attached hydrogens (tertiary/aromatic N) is 2. The van der Waals surface area contributed by atoms with Gasteiger partial charge in [-0.3, -0.25) is 14.6 Å². The zero-order valence-corrected chi connectivity index (χ0v) is 20.2. The number of carbonyl (C=O) groups is 1. The number of alkyl halides is 1. The highest BCUT2D eigenvalue weighted by Gasteiger charge is 2.48. The summed E-state index contributed by atoms with van der Waals surface area (Å²) in [6.45, 7) is 1.84. The fraction of sp³-hybridized carbons (Fsp3) is 0.680. The summed E-state index contributed by atoms with van der Waals surface area (Å²) in [5.41, 5.74) is 0.868. The Kier molecular flexibility index (Phi) is 6.95. The molecule has 1 aliphatic heterocycles. The quantitative estimate of drug-likeness (QED) is 0.575. The number of hydrogen-bond acceptors (Lipinski definition) is 5. The molecule has 1 saturated heterocycles. The summed E-state index contributed by atoms with van der Waals surface area (Å²) < 4.78 is 24.6. The second kappa shape index (κ2) is 9.92. The molecule has 0 spiro atoms. The third-order valence-corrected chi connectivity index (χ3v) is 8.51. The second-order valence-corrected chi connectivity index (χ2v) is 10.7. The first kappa shape index (κ1) is 23.1. The van der Waals surface area contributed by atoms with Gasteiger partial charge in [0.1, 0.15) is 0 Å². The summed E-state index contributed by atoms with van der Waals surface area (Å²) in [4.78, 5) is 14.5. The van der Waals surface area contributed by atoms with Crippen LogP contribution in [0.1, 0.15) is 62.8 Å². The van der Waals surface area contributed by atoms with E-state index in [1.807, 2.05) is 12.5 Å². The molecule has 3 fully saturated rings. The number of benzene rings is 1. The maximum atomic E-state index is 14.7. The van der Waals surface area contributed by atoms with Gasteiger partial charge in [0.25, 0.3) is 5.91 Å². The van der Waals surface area contributed by atoms with Crippen molar-refractivity contribution in [2.45, 2.75) is 75.1 Å². The number of aromatic amines is 1. The first-order valence-corrected chi connectivity index (χ1v) is 13.6. The van der Waals surface area contributed by atoms with E-state index >= 15 is 0 Å². The SMILES string of the molecule is CSNC1CCN(C(=O)C2(F)CCC2)CC1COC1CCC(c2ccc3[nH]ncc3c2)CC1. The van der Waals surface area contributed by atoms with E-state index in [9.17, 15) is 9.18 Å². The molecular weight excluding hydrogens is 439 g/mol. The number of fused-ring (bicyclic) bond motifs is 1. The average Bonchev–Trinajstić information content (AvgIpc) is 3.30. The number of aromatic nitrogens is 2. The highest BCUT2D eigenvalue weighted by Crippen LogP contribution is 2.39. The number of ether oxygens (including phenoxy) is 1. The number of carbonyl (C=O) groups excluding carboxylic acids is 1. The van der Waals surface area contributed by atoms with Gasteiger partial charge in [0.05, 0.1) is 24.4 Å². The van der Waals surface area contributed by atoms with E-state index in [0.717, 1.165) is 44.0 Å². The van der Waals surface area contributed by atoms with Gasteiger partial charge in [-0.1, -0.05) is 18.0 Å². The molecule has 0 bridgehead atoms. The van der Waals surface area contributed by atoms with Crippen LogP contribution in [0.2, 0.25) is 0 Å². The lowest BCUT2D eigenvalue weighted by Crippen LogP contribution is -2.57. The average molecular weight is 475 g/mol. The first-order chi connectivity index (χ1) is 16.1. The molecule has 33 heavy (non-hydrogen) atoms. The molecule has 6 nitrogen and oxygen atoms in total. The molecule has 8 heteroatoms. The Hall–Kier alpha value is -1.64. The van der Waals surface area contributed by atoms with E-state index in [1.165, 1.54) is 10.9 Å². The number of likely N-dealkylation sites (tertiary alicyclic amines) is 1. The molecule has 0 radical (unpaired) electrons. The van der Waals surface area contributed by atoms with Crippen molar-refractivity contribution in [1.82, 2.24) is 19.8 Å². The van der Waals surface area contributed by atoms with Gasteiger partial charge in [-0.05, 0) is 81.2 Å². The lowest BCUT2D eigenvalue weighted by molar-refractivity contribution is -0.153. The van der Waals surface area contributed by atoms with E-state index in [-0.39, 0.29) is 17.9 Å². The fourth-order valence-corrected chi connectivity index (χ4v) is 6.33. The van der Waals surface area contributed by atoms with Crippen LogP contribution in [0.25, 0.3) is 10.9 Å². The summed E-state index contributed by atoms with van der Waals surface area (Å²) in [6.07, 6.45) is 11.0. The summed E-state index contributed by atoms with van der Waals surface area (Å²) in [7, 11) is 0. The zero-order chi connectivity index (χ0) is 22.8. The molecule has 2 unspecified atom stereocenters. The van der Waals surface area contributed by atoms with Crippen LogP contribution >= 0.6 is 11.9 Å². The molecular formula is C25H35FN4O2S. The van der Waals surface area contributed by atoms with Crippen molar-refractivity contribution in [3.05, 3.63) is 30.0 Å². The van der Waals surface area contributed by atoms with Crippen LogP contribution in [0, 0.1) is 5.92 Å². The normalized spacial score (nSPS) is 29.7. The smallest absolute Gasteiger partial charge is 0.260 e. The number of nitrogens with one attached hydrogen (secondary N) is 2. The van der Waals surface area contributed by atoms with Crippen molar-refractivity contribution >= 4 is 28.8 Å². The van der Waals surface area contributed by atoms with E-state index in [0.29, 0.717) is 44.5 Å². The second-order valence-electron chi connectivity index (χ2n) is 10.1. The number of rotatable bonds is 7. The Bertz CT molecular complexity index is 957. The molecule has 1 aromatic heterocycles. The molecule has 2 aromatic rings. The monoisotopic (exact) mass is 474 g/mol. The molecule has 2 N–H and O–H groups in total. The minimum absolute atomic E-state index is 0.194. The molecule has 2 aliphatic carbocycles. The van der Waals surface area contributed by atoms with Crippen LogP contribution < -0.4 is 4.72 Å². The molecule has 5 rings (SSSR count). The van der Waals surface area contributed by atoms with Gasteiger partial charge in [0, 0.05) is 30.4 Å². The largest absolute Gasteiger partial charge is 0.378 e. The van der Waals surface area contributed by atoms with Crippen LogP contribution in [0.3, 0.4) is 0 Å². The van der Waals surface area contributed by atoms with Gasteiger partial charge in [0.15, 0.2) is 5.67 Å². The van der Waals surface area contributed by atoms with Crippen molar-refractivity contribution in [2.24, 2.45) is 5.92 Å². The van der Waals surface area contributed by atoms with Gasteiger partial charge in [0.2, 0.25) is 0 Å². The van der Waals surface area contributed by atoms with Crippen molar-refractivity contribution in [2.75, 3.05) is 26.0 Å². The number of H-pyrrole nitrogens is 1. The summed E-state index contributed by atoms with van der Waals surface area (Å²) in [5.74, 6) is 0.470. The van der Waals surface area contributed by atoms with Crippen LogP contribution in [-0.4, -0.2) is 64.8 Å². The Morgan fingerprint density at radius 1 is 1.30 bits per heavy atom. The number of amides is 1. The van der Waals surface area contributed by atoms with Gasteiger partial charge in [-0.15, -0.1) is 0 Å². The Morgan fingerprint density at radius 2 is 2.12 bits per heavy atom. The zero-order valence-electron chi connectivity index (χ0n) is 19.4. The fourth-order valence-electron chi connectivity index (χ4n) is 5.71. The predicted molar refractivity (Wildman–Crippen MR) is 130 cm³/mol. The molecule has 3 aliphatic rings. The van der Waals surface area contributed by atoms with Crippen LogP contribution in [-0.2, 0) is 9.53 Å². The van der Waals surface area contributed by atoms with Crippen molar-refractivity contribution in [1.29, 1.82) is 0 Å². The topological polar surface area (TPSA) is 70.2 Å². The van der Waals surface area contributed by atoms with Crippen LogP contribution in [0.4, 0.5) is 4.39 Å². The van der Waals surface area contributed by atoms with Crippen LogP contribution in [0.15, 0.2) is 24.4 Å². The van der Waals surface area contributed by atoms with Crippen molar-refractivity contribution in [3.8, 4) is 0 Å². The Labute approximate surface area is 199 Å². The van der Waals surface area contributed by atoms with E-state index in [2.05, 4.69) is 33.1 Å². The molecule has 2 atom stereocenters. The Morgan fingerprint density at radius 3 is 2.85 bits per heavy atom. The highest BCUT2D eigenvalue weighted by atomic mass is 32.2. The highest BCUT2D eigenvalue weighted by molar-refractivity contribution is 7.96. The molecule has 2 saturated carbocycles. The van der Waals surface area contributed by atoms with E-state index in [4.69, 9.17) is 4.74 Å². The Balaban J connectivity index is 1.14. The molecule has 180 valence electrons. The maximum Gasteiger partial charge on any atom is 0.260 e. The predicted octanol–water partition coefficient (Wildman–Crippen LogP) is 4.58. The van der Waals surface area contributed by atoms with Gasteiger partial charge in [-0.25, -0.2) is 4.39 Å². The first-order valence-electron chi connectivity index (χ1n) is 12.4. The summed E-state index contributed by atoms with van der Waals surface area (Å²) in [6, 6.07) is 6.90. The van der Waals surface area contributed by atoms with Crippen molar-refractivity contribution < 1.29 is 13.9 Å². The molecule has 1 amide bonds. The standard InChI is InChI=1S/C25H35FN4O2S/c1-33-29-23-9-12-30(24(31)25(26)10-2-11-25)15-20(23)16-32-21-6-3-17(4-7-21)18-5-8-22-19(13-18)14-27-28-22/h5,8,13-14,17,20-21,23,29H,2-4,6-7,9-12,15-16H2,1H3,(H,27,28). The third kappa shape index (κ3) is 4.93. The number of halogens is 1. The van der Waals surface area contributed by atoms with Gasteiger partial charge >= 0.3 is 0 Å². The van der Waals surface area contributed by atoms with Gasteiger partial charge < -0.3 is 9.64 Å². The summed E-state index contributed by atoms with van der Waals surface area (Å²) >= 11 is 1.61. The number of hydrogen-bond donors (Lipinski definition) is 2. The lowest BCUT2D eigenvalue weighted by atomic mass is 9.80. The molecule has 1 aromatic carbocycles. The van der Waals surface area contributed by atoms with E-state index < -0.39 is 5.67 Å². The maximum absolute atomic E-state index is 14.7.